The van der Waals surface area contributed by atoms with Gasteiger partial charge in [-0.3, -0.25) is 4.79 Å². The Bertz CT molecular complexity index is 280. The minimum Gasteiger partial charge on any atom is -0.480 e. The number of nitrogens with zero attached hydrogens (tertiary/aromatic N) is 1. The molecule has 1 fully saturated rings. The summed E-state index contributed by atoms with van der Waals surface area (Å²) in [5, 5.41) is 12.1. The maximum absolute atomic E-state index is 12.1. The predicted octanol–water partition coefficient (Wildman–Crippen LogP) is 0.306. The van der Waals surface area contributed by atoms with Crippen LogP contribution in [0.4, 0.5) is 0 Å². The molecule has 1 amide bonds. The first-order chi connectivity index (χ1) is 7.49. The summed E-state index contributed by atoms with van der Waals surface area (Å²) in [5.41, 5.74) is 0. The van der Waals surface area contributed by atoms with Gasteiger partial charge < -0.3 is 15.3 Å². The highest BCUT2D eigenvalue weighted by Gasteiger charge is 2.35. The molecule has 1 heterocycles. The smallest absolute Gasteiger partial charge is 0.326 e. The predicted molar refractivity (Wildman–Crippen MR) is 60.1 cm³/mol. The maximum Gasteiger partial charge on any atom is 0.326 e. The van der Waals surface area contributed by atoms with Crippen molar-refractivity contribution in [1.82, 2.24) is 10.2 Å². The quantitative estimate of drug-likeness (QED) is 0.726. The molecule has 1 aliphatic rings. The third-order valence-electron chi connectivity index (χ3n) is 3.29. The van der Waals surface area contributed by atoms with E-state index in [2.05, 4.69) is 5.32 Å². The van der Waals surface area contributed by atoms with Gasteiger partial charge in [-0.25, -0.2) is 4.79 Å². The summed E-state index contributed by atoms with van der Waals surface area (Å²) in [5.74, 6) is -0.774. The van der Waals surface area contributed by atoms with E-state index < -0.39 is 12.0 Å². The molecule has 16 heavy (non-hydrogen) atoms. The largest absolute Gasteiger partial charge is 0.480 e. The van der Waals surface area contributed by atoms with Crippen LogP contribution in [0.25, 0.3) is 0 Å². The van der Waals surface area contributed by atoms with Crippen LogP contribution in [-0.2, 0) is 9.59 Å². The van der Waals surface area contributed by atoms with Crippen LogP contribution in [0, 0.1) is 5.92 Å². The lowest BCUT2D eigenvalue weighted by Gasteiger charge is -2.28. The molecule has 0 saturated carbocycles. The first kappa shape index (κ1) is 13.0. The van der Waals surface area contributed by atoms with Crippen LogP contribution in [0.1, 0.15) is 26.7 Å². The standard InChI is InChI=1S/C11H20N2O3/c1-4-8(11(15)16)13(3)10(14)9-7(2)5-6-12-9/h7-9,12H,4-6H2,1-3H3,(H,15,16). The lowest BCUT2D eigenvalue weighted by atomic mass is 10.0. The molecule has 1 rings (SSSR count). The Balaban J connectivity index is 2.68. The van der Waals surface area contributed by atoms with Crippen LogP contribution in [0.15, 0.2) is 0 Å². The highest BCUT2D eigenvalue weighted by atomic mass is 16.4. The number of carbonyl (C=O) groups is 2. The molecule has 1 aliphatic heterocycles. The number of hydrogen-bond donors (Lipinski definition) is 2. The van der Waals surface area contributed by atoms with Gasteiger partial charge in [0.1, 0.15) is 6.04 Å². The number of nitrogens with one attached hydrogen (secondary N) is 1. The zero-order valence-corrected chi connectivity index (χ0v) is 10.1. The molecule has 0 radical (unpaired) electrons. The number of likely N-dealkylation sites (N-methyl/N-ethyl adjacent to an activating group) is 1. The Morgan fingerprint density at radius 1 is 1.56 bits per heavy atom. The fourth-order valence-electron chi connectivity index (χ4n) is 2.15. The average molecular weight is 228 g/mol. The van der Waals surface area contributed by atoms with Gasteiger partial charge in [0, 0.05) is 7.05 Å². The van der Waals surface area contributed by atoms with E-state index in [1.54, 1.807) is 14.0 Å². The summed E-state index contributed by atoms with van der Waals surface area (Å²) in [6, 6.07) is -0.944. The lowest BCUT2D eigenvalue weighted by molar-refractivity contribution is -0.150. The molecule has 0 aromatic carbocycles. The monoisotopic (exact) mass is 228 g/mol. The van der Waals surface area contributed by atoms with Crippen molar-refractivity contribution in [2.24, 2.45) is 5.92 Å². The van der Waals surface area contributed by atoms with Crippen LogP contribution in [0.3, 0.4) is 0 Å². The van der Waals surface area contributed by atoms with Gasteiger partial charge in [0.05, 0.1) is 6.04 Å². The summed E-state index contributed by atoms with van der Waals surface area (Å²) in [6.07, 6.45) is 1.40. The number of carbonyl (C=O) groups excluding carboxylic acids is 1. The summed E-state index contributed by atoms with van der Waals surface area (Å²) >= 11 is 0. The Hall–Kier alpha value is -1.10. The van der Waals surface area contributed by atoms with Gasteiger partial charge in [-0.2, -0.15) is 0 Å². The van der Waals surface area contributed by atoms with Crippen LogP contribution in [0.2, 0.25) is 0 Å². The van der Waals surface area contributed by atoms with Crippen LogP contribution >= 0.6 is 0 Å². The number of amides is 1. The van der Waals surface area contributed by atoms with Crippen LogP contribution in [0.5, 0.6) is 0 Å². The van der Waals surface area contributed by atoms with Crippen molar-refractivity contribution >= 4 is 11.9 Å². The molecule has 0 aliphatic carbocycles. The Kier molecular flexibility index (Phi) is 4.29. The molecule has 3 unspecified atom stereocenters. The van der Waals surface area contributed by atoms with E-state index in [9.17, 15) is 9.59 Å². The molecule has 5 nitrogen and oxygen atoms in total. The Morgan fingerprint density at radius 3 is 2.56 bits per heavy atom. The molecule has 3 atom stereocenters. The fraction of sp³-hybridized carbons (Fsp3) is 0.818. The zero-order chi connectivity index (χ0) is 12.3. The van der Waals surface area contributed by atoms with Gasteiger partial charge in [-0.15, -0.1) is 0 Å². The van der Waals surface area contributed by atoms with E-state index in [1.165, 1.54) is 4.90 Å². The molecular weight excluding hydrogens is 208 g/mol. The van der Waals surface area contributed by atoms with Gasteiger partial charge in [0.2, 0.25) is 5.91 Å². The summed E-state index contributed by atoms with van der Waals surface area (Å²) in [4.78, 5) is 24.4. The van der Waals surface area contributed by atoms with Crippen molar-refractivity contribution in [3.8, 4) is 0 Å². The minimum absolute atomic E-state index is 0.112. The zero-order valence-electron chi connectivity index (χ0n) is 10.1. The second-order valence-electron chi connectivity index (χ2n) is 4.41. The first-order valence-corrected chi connectivity index (χ1v) is 5.71. The average Bonchev–Trinajstić information content (AvgIpc) is 2.63. The molecule has 0 spiro atoms. The summed E-state index contributed by atoms with van der Waals surface area (Å²) in [7, 11) is 1.57. The van der Waals surface area contributed by atoms with Gasteiger partial charge in [0.25, 0.3) is 0 Å². The number of carboxylic acids is 1. The second kappa shape index (κ2) is 5.30. The van der Waals surface area contributed by atoms with Crippen molar-refractivity contribution < 1.29 is 14.7 Å². The third-order valence-corrected chi connectivity index (χ3v) is 3.29. The van der Waals surface area contributed by atoms with Crippen molar-refractivity contribution in [2.75, 3.05) is 13.6 Å². The van der Waals surface area contributed by atoms with Gasteiger partial charge in [-0.1, -0.05) is 13.8 Å². The van der Waals surface area contributed by atoms with Crippen molar-refractivity contribution in [3.05, 3.63) is 0 Å². The molecule has 5 heteroatoms. The highest BCUT2D eigenvalue weighted by Crippen LogP contribution is 2.17. The highest BCUT2D eigenvalue weighted by molar-refractivity contribution is 5.87. The third kappa shape index (κ3) is 2.52. The topological polar surface area (TPSA) is 69.6 Å². The minimum atomic E-state index is -0.941. The van der Waals surface area contributed by atoms with Crippen LogP contribution in [-0.4, -0.2) is 47.6 Å². The van der Waals surface area contributed by atoms with Gasteiger partial charge >= 0.3 is 5.97 Å². The molecule has 2 N–H and O–H groups in total. The maximum atomic E-state index is 12.1. The van der Waals surface area contributed by atoms with Crippen LogP contribution < -0.4 is 5.32 Å². The molecule has 1 saturated heterocycles. The van der Waals surface area contributed by atoms with Crippen molar-refractivity contribution in [3.63, 3.8) is 0 Å². The van der Waals surface area contributed by atoms with E-state index in [0.717, 1.165) is 13.0 Å². The molecule has 0 aromatic heterocycles. The van der Waals surface area contributed by atoms with E-state index in [1.807, 2.05) is 6.92 Å². The molecule has 0 aromatic rings. The number of carboxylic acid groups (broad SMARTS) is 1. The normalized spacial score (nSPS) is 26.4. The Morgan fingerprint density at radius 2 is 2.19 bits per heavy atom. The van der Waals surface area contributed by atoms with Gasteiger partial charge in [0.15, 0.2) is 0 Å². The summed E-state index contributed by atoms with van der Waals surface area (Å²) in [6.45, 7) is 4.61. The number of aliphatic carboxylic acids is 1. The Labute approximate surface area is 95.8 Å². The van der Waals surface area contributed by atoms with Crippen molar-refractivity contribution in [1.29, 1.82) is 0 Å². The lowest BCUT2D eigenvalue weighted by Crippen LogP contribution is -2.50. The second-order valence-corrected chi connectivity index (χ2v) is 4.41. The fourth-order valence-corrected chi connectivity index (χ4v) is 2.15. The molecular formula is C11H20N2O3. The van der Waals surface area contributed by atoms with E-state index in [-0.39, 0.29) is 17.9 Å². The van der Waals surface area contributed by atoms with E-state index in [0.29, 0.717) is 6.42 Å². The SMILES string of the molecule is CCC(C(=O)O)N(C)C(=O)C1NCCC1C. The first-order valence-electron chi connectivity index (χ1n) is 5.71. The molecule has 0 bridgehead atoms. The van der Waals surface area contributed by atoms with E-state index >= 15 is 0 Å². The summed E-state index contributed by atoms with van der Waals surface area (Å²) < 4.78 is 0. The van der Waals surface area contributed by atoms with Gasteiger partial charge in [-0.05, 0) is 25.3 Å². The molecule has 92 valence electrons. The number of rotatable bonds is 4. The van der Waals surface area contributed by atoms with E-state index in [4.69, 9.17) is 5.11 Å². The number of hydrogen-bond acceptors (Lipinski definition) is 3. The van der Waals surface area contributed by atoms with Crippen molar-refractivity contribution in [2.45, 2.75) is 38.8 Å².